The fourth-order valence-electron chi connectivity index (χ4n) is 6.70. The summed E-state index contributed by atoms with van der Waals surface area (Å²) in [6, 6.07) is 0. The zero-order valence-corrected chi connectivity index (χ0v) is 28.1. The summed E-state index contributed by atoms with van der Waals surface area (Å²) in [5, 5.41) is 11.1. The second-order valence-corrected chi connectivity index (χ2v) is 25.6. The van der Waals surface area contributed by atoms with Gasteiger partial charge in [-0.05, 0) is 112 Å². The minimum absolute atomic E-state index is 0.0856. The van der Waals surface area contributed by atoms with Gasteiger partial charge in [-0.1, -0.05) is 61.8 Å². The van der Waals surface area contributed by atoms with Gasteiger partial charge in [0.1, 0.15) is 0 Å². The molecule has 3 nitrogen and oxygen atoms in total. The van der Waals surface area contributed by atoms with Gasteiger partial charge < -0.3 is 14.0 Å². The number of hydrogen-bond donors (Lipinski definition) is 1. The van der Waals surface area contributed by atoms with E-state index in [1.165, 1.54) is 32.1 Å². The number of hydrogen-bond acceptors (Lipinski definition) is 3. The average Bonchev–Trinajstić information content (AvgIpc) is 3.00. The fraction of sp³-hybridized carbons (Fsp3) is 1.00. The molecule has 0 aromatic carbocycles. The second kappa shape index (κ2) is 10.5. The van der Waals surface area contributed by atoms with Gasteiger partial charge in [0.25, 0.3) is 0 Å². The summed E-state index contributed by atoms with van der Waals surface area (Å²) in [6.07, 6.45) is 8.19. The fourth-order valence-corrected chi connectivity index (χ4v) is 9.92. The van der Waals surface area contributed by atoms with Crippen LogP contribution in [0, 0.1) is 23.2 Å². The van der Waals surface area contributed by atoms with E-state index in [0.29, 0.717) is 23.2 Å². The van der Waals surface area contributed by atoms with E-state index < -0.39 is 16.6 Å². The van der Waals surface area contributed by atoms with Crippen LogP contribution in [-0.2, 0) is 8.85 Å². The van der Waals surface area contributed by atoms with Crippen LogP contribution in [0.1, 0.15) is 114 Å². The molecular weight excluding hydrogens is 464 g/mol. The minimum atomic E-state index is -1.95. The SMILES string of the molecule is C[C@H](CC[C@@H](O[Si](C)(C)C(C)(C)C)C(C)(C)O[Si](C)(C)C(C)(C)C)[C@H]1CC[C@H]2[C@@H](O)CCC[C@]12C. The minimum Gasteiger partial charge on any atom is -0.411 e. The third kappa shape index (κ3) is 6.85. The van der Waals surface area contributed by atoms with E-state index in [0.717, 1.165) is 12.8 Å². The highest BCUT2D eigenvalue weighted by atomic mass is 28.4. The number of aliphatic hydroxyl groups is 1. The molecule has 0 aliphatic heterocycles. The Balaban J connectivity index is 2.24. The Kier molecular flexibility index (Phi) is 9.43. The van der Waals surface area contributed by atoms with Gasteiger partial charge in [-0.15, -0.1) is 0 Å². The van der Waals surface area contributed by atoms with Gasteiger partial charge >= 0.3 is 0 Å². The predicted molar refractivity (Wildman–Crippen MR) is 157 cm³/mol. The van der Waals surface area contributed by atoms with Crippen LogP contribution in [0.15, 0.2) is 0 Å². The van der Waals surface area contributed by atoms with Crippen molar-refractivity contribution in [2.45, 2.75) is 168 Å². The molecule has 5 heteroatoms. The summed E-state index contributed by atoms with van der Waals surface area (Å²) in [5.41, 5.74) is -0.0125. The Bertz CT molecular complexity index is 703. The molecule has 0 bridgehead atoms. The summed E-state index contributed by atoms with van der Waals surface area (Å²) >= 11 is 0. The topological polar surface area (TPSA) is 38.7 Å². The Morgan fingerprint density at radius 3 is 1.91 bits per heavy atom. The highest BCUT2D eigenvalue weighted by molar-refractivity contribution is 6.74. The van der Waals surface area contributed by atoms with E-state index >= 15 is 0 Å². The van der Waals surface area contributed by atoms with Crippen molar-refractivity contribution in [1.29, 1.82) is 0 Å². The molecule has 2 saturated carbocycles. The van der Waals surface area contributed by atoms with Crippen LogP contribution in [0.25, 0.3) is 0 Å². The summed E-state index contributed by atoms with van der Waals surface area (Å²) in [5.74, 6) is 1.85. The van der Waals surface area contributed by atoms with Crippen molar-refractivity contribution in [3.63, 3.8) is 0 Å². The van der Waals surface area contributed by atoms with Crippen LogP contribution in [0.2, 0.25) is 36.3 Å². The first kappa shape index (κ1) is 31.5. The third-order valence-corrected chi connectivity index (χ3v) is 20.2. The summed E-state index contributed by atoms with van der Waals surface area (Å²) in [4.78, 5) is 0. The maximum Gasteiger partial charge on any atom is 0.192 e. The molecule has 0 aromatic heterocycles. The van der Waals surface area contributed by atoms with Gasteiger partial charge in [0, 0.05) is 0 Å². The number of rotatable bonds is 9. The van der Waals surface area contributed by atoms with Gasteiger partial charge in [-0.25, -0.2) is 0 Å². The van der Waals surface area contributed by atoms with E-state index in [4.69, 9.17) is 8.85 Å². The number of fused-ring (bicyclic) bond motifs is 1. The van der Waals surface area contributed by atoms with Crippen molar-refractivity contribution >= 4 is 16.6 Å². The maximum atomic E-state index is 10.7. The smallest absolute Gasteiger partial charge is 0.192 e. The Morgan fingerprint density at radius 2 is 1.40 bits per heavy atom. The van der Waals surface area contributed by atoms with Gasteiger partial charge in [0.15, 0.2) is 16.6 Å². The van der Waals surface area contributed by atoms with Crippen molar-refractivity contribution < 1.29 is 14.0 Å². The lowest BCUT2D eigenvalue weighted by molar-refractivity contribution is -0.0447. The van der Waals surface area contributed by atoms with Gasteiger partial charge in [-0.2, -0.15) is 0 Å². The molecule has 0 amide bonds. The quantitative estimate of drug-likeness (QED) is 0.304. The molecular formula is C30H62O3Si2. The highest BCUT2D eigenvalue weighted by Gasteiger charge is 2.53. The molecule has 0 aromatic rings. The molecule has 0 unspecified atom stereocenters. The largest absolute Gasteiger partial charge is 0.411 e. The Hall–Kier alpha value is 0.314. The molecule has 2 rings (SSSR count). The molecule has 2 aliphatic rings. The normalized spacial score (nSPS) is 30.8. The first-order valence-corrected chi connectivity index (χ1v) is 20.4. The molecule has 6 atom stereocenters. The van der Waals surface area contributed by atoms with Gasteiger partial charge in [-0.3, -0.25) is 0 Å². The lowest BCUT2D eigenvalue weighted by Gasteiger charge is -2.49. The van der Waals surface area contributed by atoms with Crippen molar-refractivity contribution in [1.82, 2.24) is 0 Å². The van der Waals surface area contributed by atoms with Crippen LogP contribution >= 0.6 is 0 Å². The molecule has 0 saturated heterocycles. The lowest BCUT2D eigenvalue weighted by Crippen LogP contribution is -2.56. The molecule has 35 heavy (non-hydrogen) atoms. The van der Waals surface area contributed by atoms with Gasteiger partial charge in [0.2, 0.25) is 0 Å². The number of aliphatic hydroxyl groups excluding tert-OH is 1. The van der Waals surface area contributed by atoms with E-state index in [1.807, 2.05) is 0 Å². The van der Waals surface area contributed by atoms with Crippen LogP contribution < -0.4 is 0 Å². The van der Waals surface area contributed by atoms with Crippen molar-refractivity contribution in [2.75, 3.05) is 0 Å². The predicted octanol–water partition coefficient (Wildman–Crippen LogP) is 9.17. The summed E-state index contributed by atoms with van der Waals surface area (Å²) < 4.78 is 14.3. The first-order valence-electron chi connectivity index (χ1n) is 14.6. The lowest BCUT2D eigenvalue weighted by atomic mass is 9.61. The van der Waals surface area contributed by atoms with E-state index in [2.05, 4.69) is 95.4 Å². The second-order valence-electron chi connectivity index (χ2n) is 16.1. The molecule has 0 heterocycles. The maximum absolute atomic E-state index is 10.7. The highest BCUT2D eigenvalue weighted by Crippen LogP contribution is 2.58. The van der Waals surface area contributed by atoms with E-state index in [1.54, 1.807) is 0 Å². The Morgan fingerprint density at radius 1 is 0.857 bits per heavy atom. The molecule has 0 spiro atoms. The van der Waals surface area contributed by atoms with E-state index in [9.17, 15) is 5.11 Å². The first-order chi connectivity index (χ1) is 15.6. The van der Waals surface area contributed by atoms with Crippen molar-refractivity contribution in [3.05, 3.63) is 0 Å². The zero-order chi connectivity index (χ0) is 27.3. The molecule has 1 N–H and O–H groups in total. The van der Waals surface area contributed by atoms with Crippen LogP contribution in [0.3, 0.4) is 0 Å². The van der Waals surface area contributed by atoms with Gasteiger partial charge in [0.05, 0.1) is 17.8 Å². The van der Waals surface area contributed by atoms with Crippen molar-refractivity contribution in [2.24, 2.45) is 23.2 Å². The molecule has 2 aliphatic carbocycles. The average molecular weight is 527 g/mol. The van der Waals surface area contributed by atoms with Crippen LogP contribution in [-0.4, -0.2) is 39.6 Å². The standard InChI is InChI=1S/C30H62O3Si2/c1-22(23-18-19-24-25(31)16-15-21-30(23,24)10)17-20-26(32-34(11,12)27(2,3)4)29(8,9)33-35(13,14)28(5,6)7/h22-26,31H,15-21H2,1-14H3/t22-,23-,24+,25+,26-,30-/m1/s1. The van der Waals surface area contributed by atoms with Crippen LogP contribution in [0.4, 0.5) is 0 Å². The summed E-state index contributed by atoms with van der Waals surface area (Å²) in [6.45, 7) is 33.1. The van der Waals surface area contributed by atoms with Crippen LogP contribution in [0.5, 0.6) is 0 Å². The molecule has 2 fully saturated rings. The molecule has 0 radical (unpaired) electrons. The van der Waals surface area contributed by atoms with E-state index in [-0.39, 0.29) is 27.9 Å². The zero-order valence-electron chi connectivity index (χ0n) is 26.1. The van der Waals surface area contributed by atoms with Crippen molar-refractivity contribution in [3.8, 4) is 0 Å². The molecule has 208 valence electrons. The Labute approximate surface area is 221 Å². The monoisotopic (exact) mass is 526 g/mol. The third-order valence-electron chi connectivity index (χ3n) is 11.1. The summed E-state index contributed by atoms with van der Waals surface area (Å²) in [7, 11) is -3.89.